The highest BCUT2D eigenvalue weighted by Gasteiger charge is 2.21. The van der Waals surface area contributed by atoms with Gasteiger partial charge in [0.15, 0.2) is 11.6 Å². The lowest BCUT2D eigenvalue weighted by atomic mass is 10.0. The Hall–Kier alpha value is -2.37. The van der Waals surface area contributed by atoms with E-state index in [0.717, 1.165) is 12.8 Å². The van der Waals surface area contributed by atoms with Crippen LogP contribution in [0.2, 0.25) is 0 Å². The summed E-state index contributed by atoms with van der Waals surface area (Å²) < 4.78 is 5.53. The fourth-order valence-electron chi connectivity index (χ4n) is 2.67. The number of rotatable bonds is 10. The van der Waals surface area contributed by atoms with Crippen LogP contribution in [0.15, 0.2) is 48.5 Å². The second-order valence-electron chi connectivity index (χ2n) is 6.41. The fraction of sp³-hybridized carbons (Fsp3) is 0.381. The molecule has 0 saturated heterocycles. The molecule has 0 aliphatic rings. The Balaban J connectivity index is 1.89. The molecule has 0 spiro atoms. The fourth-order valence-corrected chi connectivity index (χ4v) is 2.67. The van der Waals surface area contributed by atoms with Crippen LogP contribution in [-0.2, 0) is 0 Å². The Morgan fingerprint density at radius 3 is 2.38 bits per heavy atom. The highest BCUT2D eigenvalue weighted by molar-refractivity contribution is 6.10. The van der Waals surface area contributed by atoms with Crippen molar-refractivity contribution in [3.8, 4) is 11.5 Å². The van der Waals surface area contributed by atoms with E-state index >= 15 is 0 Å². The molecule has 2 aromatic rings. The average Bonchev–Trinajstić information content (AvgIpc) is 2.64. The molecule has 3 N–H and O–H groups in total. The summed E-state index contributed by atoms with van der Waals surface area (Å²) in [5.74, 6) is -1.62. The molecule has 2 aromatic carbocycles. The second kappa shape index (κ2) is 9.36. The Bertz CT molecular complexity index is 710. The highest BCUT2D eigenvalue weighted by atomic mass is 16.5. The zero-order chi connectivity index (χ0) is 19.0. The van der Waals surface area contributed by atoms with Gasteiger partial charge in [-0.1, -0.05) is 43.7 Å². The first-order valence-corrected chi connectivity index (χ1v) is 8.93. The third kappa shape index (κ3) is 5.86. The Labute approximate surface area is 153 Å². The molecule has 26 heavy (non-hydrogen) atoms. The summed E-state index contributed by atoms with van der Waals surface area (Å²) in [6.07, 6.45) is 2.72. The van der Waals surface area contributed by atoms with Crippen molar-refractivity contribution in [2.45, 2.75) is 44.8 Å². The van der Waals surface area contributed by atoms with Crippen LogP contribution in [-0.4, -0.2) is 33.5 Å². The molecule has 0 saturated carbocycles. The average molecular weight is 358 g/mol. The maximum atomic E-state index is 12.4. The van der Waals surface area contributed by atoms with E-state index in [4.69, 9.17) is 4.74 Å². The van der Waals surface area contributed by atoms with Crippen molar-refractivity contribution >= 4 is 5.78 Å². The van der Waals surface area contributed by atoms with Crippen LogP contribution < -0.4 is 4.74 Å². The van der Waals surface area contributed by atoms with Gasteiger partial charge in [0.1, 0.15) is 11.5 Å². The van der Waals surface area contributed by atoms with E-state index in [2.05, 4.69) is 0 Å². The first-order valence-electron chi connectivity index (χ1n) is 8.93. The molecule has 5 nitrogen and oxygen atoms in total. The van der Waals surface area contributed by atoms with Crippen LogP contribution in [0.4, 0.5) is 0 Å². The van der Waals surface area contributed by atoms with Crippen molar-refractivity contribution in [3.05, 3.63) is 59.7 Å². The highest BCUT2D eigenvalue weighted by Crippen LogP contribution is 2.26. The molecule has 140 valence electrons. The standard InChI is InChI=1S/C21H26O5/c1-2-3-12-21(24,25)13-7-14-26-17-10-11-18(19(22)15-17)20(23)16-8-5-4-6-9-16/h4-6,8-11,15,22,24-25H,2-3,7,12-14H2,1H3. The van der Waals surface area contributed by atoms with Gasteiger partial charge < -0.3 is 20.1 Å². The van der Waals surface area contributed by atoms with E-state index in [1.54, 1.807) is 30.3 Å². The molecule has 2 rings (SSSR count). The molecule has 0 fully saturated rings. The molecule has 0 bridgehead atoms. The number of hydrogen-bond donors (Lipinski definition) is 3. The van der Waals surface area contributed by atoms with Gasteiger partial charge in [0.25, 0.3) is 0 Å². The van der Waals surface area contributed by atoms with Gasteiger partial charge in [-0.05, 0) is 25.0 Å². The smallest absolute Gasteiger partial charge is 0.196 e. The quantitative estimate of drug-likeness (QED) is 0.343. The number of unbranched alkanes of at least 4 members (excludes halogenated alkanes) is 1. The van der Waals surface area contributed by atoms with Crippen LogP contribution >= 0.6 is 0 Å². The third-order valence-corrected chi connectivity index (χ3v) is 4.17. The number of aliphatic hydroxyl groups is 2. The summed E-state index contributed by atoms with van der Waals surface area (Å²) in [5, 5.41) is 29.8. The Morgan fingerprint density at radius 2 is 1.73 bits per heavy atom. The van der Waals surface area contributed by atoms with E-state index in [1.165, 1.54) is 12.1 Å². The number of benzene rings is 2. The van der Waals surface area contributed by atoms with Gasteiger partial charge in [-0.25, -0.2) is 0 Å². The van der Waals surface area contributed by atoms with E-state index in [9.17, 15) is 20.1 Å². The summed E-state index contributed by atoms with van der Waals surface area (Å²) in [7, 11) is 0. The maximum Gasteiger partial charge on any atom is 0.196 e. The molecule has 0 aromatic heterocycles. The van der Waals surface area contributed by atoms with Gasteiger partial charge in [-0.15, -0.1) is 0 Å². The minimum Gasteiger partial charge on any atom is -0.507 e. The summed E-state index contributed by atoms with van der Waals surface area (Å²) in [5.41, 5.74) is 0.721. The van der Waals surface area contributed by atoms with Gasteiger partial charge in [0.2, 0.25) is 0 Å². The monoisotopic (exact) mass is 358 g/mol. The normalized spacial score (nSPS) is 11.3. The number of carbonyl (C=O) groups is 1. The number of phenolic OH excluding ortho intramolecular Hbond substituents is 1. The lowest BCUT2D eigenvalue weighted by Gasteiger charge is -2.21. The van der Waals surface area contributed by atoms with E-state index in [1.807, 2.05) is 13.0 Å². The van der Waals surface area contributed by atoms with Crippen molar-refractivity contribution in [1.29, 1.82) is 0 Å². The van der Waals surface area contributed by atoms with Crippen molar-refractivity contribution < 1.29 is 24.9 Å². The lowest BCUT2D eigenvalue weighted by molar-refractivity contribution is -0.172. The molecule has 5 heteroatoms. The SMILES string of the molecule is CCCCC(O)(O)CCCOc1ccc(C(=O)c2ccccc2)c(O)c1. The maximum absolute atomic E-state index is 12.4. The van der Waals surface area contributed by atoms with Crippen molar-refractivity contribution in [3.63, 3.8) is 0 Å². The van der Waals surface area contributed by atoms with Gasteiger partial charge in [-0.3, -0.25) is 4.79 Å². The molecule has 0 atom stereocenters. The van der Waals surface area contributed by atoms with Crippen LogP contribution in [0.1, 0.15) is 54.9 Å². The van der Waals surface area contributed by atoms with Crippen LogP contribution in [0, 0.1) is 0 Å². The van der Waals surface area contributed by atoms with Crippen LogP contribution in [0.3, 0.4) is 0 Å². The first kappa shape index (κ1) is 19.9. The molecular weight excluding hydrogens is 332 g/mol. The van der Waals surface area contributed by atoms with Crippen molar-refractivity contribution in [2.75, 3.05) is 6.61 Å². The molecule has 0 aliphatic carbocycles. The zero-order valence-corrected chi connectivity index (χ0v) is 15.0. The number of aromatic hydroxyl groups is 1. The number of ether oxygens (including phenoxy) is 1. The molecule has 0 amide bonds. The minimum atomic E-state index is -1.66. The third-order valence-electron chi connectivity index (χ3n) is 4.17. The Morgan fingerprint density at radius 1 is 1.04 bits per heavy atom. The van der Waals surface area contributed by atoms with Gasteiger partial charge in [0, 0.05) is 24.5 Å². The molecule has 0 unspecified atom stereocenters. The molecule has 0 heterocycles. The summed E-state index contributed by atoms with van der Waals surface area (Å²) in [4.78, 5) is 12.4. The summed E-state index contributed by atoms with van der Waals surface area (Å²) in [6, 6.07) is 13.3. The van der Waals surface area contributed by atoms with Gasteiger partial charge >= 0.3 is 0 Å². The molecule has 0 aliphatic heterocycles. The lowest BCUT2D eigenvalue weighted by Crippen LogP contribution is -2.28. The minimum absolute atomic E-state index is 0.141. The van der Waals surface area contributed by atoms with Gasteiger partial charge in [-0.2, -0.15) is 0 Å². The summed E-state index contributed by atoms with van der Waals surface area (Å²) >= 11 is 0. The topological polar surface area (TPSA) is 87.0 Å². The van der Waals surface area contributed by atoms with Crippen molar-refractivity contribution in [1.82, 2.24) is 0 Å². The number of ketones is 1. The van der Waals surface area contributed by atoms with E-state index in [-0.39, 0.29) is 23.5 Å². The van der Waals surface area contributed by atoms with E-state index in [0.29, 0.717) is 30.8 Å². The Kier molecular flexibility index (Phi) is 7.18. The van der Waals surface area contributed by atoms with Crippen LogP contribution in [0.5, 0.6) is 11.5 Å². The number of phenols is 1. The zero-order valence-electron chi connectivity index (χ0n) is 15.0. The van der Waals surface area contributed by atoms with Crippen molar-refractivity contribution in [2.24, 2.45) is 0 Å². The second-order valence-corrected chi connectivity index (χ2v) is 6.41. The first-order chi connectivity index (χ1) is 12.4. The van der Waals surface area contributed by atoms with E-state index < -0.39 is 5.79 Å². The molecule has 0 radical (unpaired) electrons. The largest absolute Gasteiger partial charge is 0.507 e. The predicted octanol–water partition coefficient (Wildman–Crippen LogP) is 3.65. The number of hydrogen-bond acceptors (Lipinski definition) is 5. The van der Waals surface area contributed by atoms with Gasteiger partial charge in [0.05, 0.1) is 12.2 Å². The number of carbonyl (C=O) groups excluding carboxylic acids is 1. The molecular formula is C21H26O5. The van der Waals surface area contributed by atoms with Crippen LogP contribution in [0.25, 0.3) is 0 Å². The summed E-state index contributed by atoms with van der Waals surface area (Å²) in [6.45, 7) is 2.29. The predicted molar refractivity (Wildman–Crippen MR) is 99.4 cm³/mol.